The molecule has 2 aromatic carbocycles. The molecule has 0 fully saturated rings. The summed E-state index contributed by atoms with van der Waals surface area (Å²) in [6, 6.07) is 18.5. The van der Waals surface area contributed by atoms with Crippen molar-refractivity contribution in [2.45, 2.75) is 15.9 Å². The number of ether oxygens (including phenoxy) is 1. The maximum atomic E-state index is 12.3. The Hall–Kier alpha value is -4.10. The Morgan fingerprint density at radius 2 is 1.46 bits per heavy atom. The molecule has 5 rings (SSSR count). The second-order valence-electron chi connectivity index (χ2n) is 7.26. The number of carbonyl (C=O) groups is 2. The van der Waals surface area contributed by atoms with Gasteiger partial charge in [0.15, 0.2) is 11.6 Å². The van der Waals surface area contributed by atoms with Crippen LogP contribution in [0.2, 0.25) is 0 Å². The van der Waals surface area contributed by atoms with E-state index < -0.39 is 23.3 Å². The summed E-state index contributed by atoms with van der Waals surface area (Å²) in [6.07, 6.45) is 0. The first-order chi connectivity index (χ1) is 17.0. The molecule has 0 radical (unpaired) electrons. The summed E-state index contributed by atoms with van der Waals surface area (Å²) < 4.78 is 5.18. The lowest BCUT2D eigenvalue weighted by Crippen LogP contribution is -2.43. The van der Waals surface area contributed by atoms with E-state index in [-0.39, 0.29) is 21.0 Å². The molecule has 1 atom stereocenters. The highest BCUT2D eigenvalue weighted by Gasteiger charge is 2.55. The number of benzene rings is 2. The van der Waals surface area contributed by atoms with Crippen LogP contribution in [0.15, 0.2) is 81.6 Å². The molecular weight excluding hydrogens is 492 g/mol. The number of aromatic nitrogens is 6. The summed E-state index contributed by atoms with van der Waals surface area (Å²) in [5.74, 6) is -2.74. The first-order valence-electron chi connectivity index (χ1n) is 10.1. The number of esters is 1. The lowest BCUT2D eigenvalue weighted by atomic mass is 10.1. The maximum absolute atomic E-state index is 12.3. The average molecular weight is 509 g/mol. The number of nitrogens with zero attached hydrogens (tertiary/aromatic N) is 4. The molecule has 0 saturated heterocycles. The van der Waals surface area contributed by atoms with Gasteiger partial charge in [-0.1, -0.05) is 72.4 Å². The van der Waals surface area contributed by atoms with Gasteiger partial charge in [0.2, 0.25) is 16.1 Å². The summed E-state index contributed by atoms with van der Waals surface area (Å²) >= 11 is 1.70. The number of H-pyrrole nitrogens is 2. The first kappa shape index (κ1) is 22.7. The SMILES string of the molecule is O=C1OC(CSc2n[nH]c(-c3ccccc3)n2)(C(=O)O)C(Sc2n[nH]c(-c3ccccc3)n2)=C1O. The van der Waals surface area contributed by atoms with Crippen molar-refractivity contribution < 1.29 is 24.5 Å². The number of hydrogen-bond acceptors (Lipinski definition) is 10. The zero-order valence-corrected chi connectivity index (χ0v) is 19.3. The van der Waals surface area contributed by atoms with Crippen LogP contribution in [0.1, 0.15) is 0 Å². The van der Waals surface area contributed by atoms with Gasteiger partial charge in [0.25, 0.3) is 5.60 Å². The smallest absolute Gasteiger partial charge is 0.375 e. The molecule has 4 aromatic rings. The van der Waals surface area contributed by atoms with Gasteiger partial charge in [-0.25, -0.2) is 19.6 Å². The van der Waals surface area contributed by atoms with Gasteiger partial charge in [0.05, 0.1) is 10.7 Å². The van der Waals surface area contributed by atoms with Crippen LogP contribution in [-0.4, -0.2) is 63.9 Å². The number of hydrogen-bond donors (Lipinski definition) is 4. The fraction of sp³-hybridized carbons (Fsp3) is 0.0909. The highest BCUT2D eigenvalue weighted by Crippen LogP contribution is 2.45. The predicted octanol–water partition coefficient (Wildman–Crippen LogP) is 3.29. The molecule has 2 aromatic heterocycles. The average Bonchev–Trinajstić information content (AvgIpc) is 3.60. The molecule has 0 spiro atoms. The normalized spacial score (nSPS) is 17.5. The van der Waals surface area contributed by atoms with Crippen LogP contribution in [0.4, 0.5) is 0 Å². The van der Waals surface area contributed by atoms with E-state index in [1.54, 1.807) is 0 Å². The first-order valence-corrected chi connectivity index (χ1v) is 11.9. The number of nitrogens with one attached hydrogen (secondary N) is 2. The molecule has 1 unspecified atom stereocenters. The van der Waals surface area contributed by atoms with Gasteiger partial charge in [0, 0.05) is 11.1 Å². The minimum atomic E-state index is -2.17. The molecule has 4 N–H and O–H groups in total. The van der Waals surface area contributed by atoms with E-state index in [0.717, 1.165) is 34.7 Å². The Morgan fingerprint density at radius 3 is 2.03 bits per heavy atom. The second kappa shape index (κ2) is 9.27. The monoisotopic (exact) mass is 508 g/mol. The highest BCUT2D eigenvalue weighted by atomic mass is 32.2. The van der Waals surface area contributed by atoms with E-state index in [1.807, 2.05) is 60.7 Å². The van der Waals surface area contributed by atoms with Crippen LogP contribution in [0.5, 0.6) is 0 Å². The number of rotatable bonds is 8. The lowest BCUT2D eigenvalue weighted by molar-refractivity contribution is -0.165. The quantitative estimate of drug-likeness (QED) is 0.204. The lowest BCUT2D eigenvalue weighted by Gasteiger charge is -2.23. The van der Waals surface area contributed by atoms with Crippen LogP contribution >= 0.6 is 23.5 Å². The minimum Gasteiger partial charge on any atom is -0.501 e. The van der Waals surface area contributed by atoms with Crippen molar-refractivity contribution in [3.05, 3.63) is 71.3 Å². The number of carboxylic acid groups (broad SMARTS) is 1. The molecule has 176 valence electrons. The van der Waals surface area contributed by atoms with Gasteiger partial charge in [-0.3, -0.25) is 10.2 Å². The number of aliphatic hydroxyl groups excluding tert-OH is 1. The van der Waals surface area contributed by atoms with Crippen molar-refractivity contribution in [1.82, 2.24) is 30.4 Å². The third-order valence-corrected chi connectivity index (χ3v) is 7.09. The van der Waals surface area contributed by atoms with Gasteiger partial charge in [-0.05, 0) is 11.8 Å². The molecule has 0 saturated carbocycles. The number of aliphatic hydroxyl groups is 1. The van der Waals surface area contributed by atoms with Gasteiger partial charge in [0.1, 0.15) is 0 Å². The second-order valence-corrected chi connectivity index (χ2v) is 9.18. The molecule has 13 heteroatoms. The van der Waals surface area contributed by atoms with Gasteiger partial charge in [-0.2, -0.15) is 0 Å². The summed E-state index contributed by atoms with van der Waals surface area (Å²) in [5.41, 5.74) is -0.597. The standard InChI is InChI=1S/C22H16N6O5S2/c29-14-15(35-21-24-17(26-28-21)13-9-5-2-6-10-13)22(19(31)32,33-18(14)30)11-34-20-23-16(25-27-20)12-7-3-1-4-8-12/h1-10,29H,11H2,(H,31,32)(H,23,25,27)(H,24,26,28). The number of carbonyl (C=O) groups excluding carboxylic acids is 1. The molecule has 11 nitrogen and oxygen atoms in total. The molecule has 0 amide bonds. The van der Waals surface area contributed by atoms with Crippen molar-refractivity contribution in [3.8, 4) is 22.8 Å². The molecule has 0 aliphatic carbocycles. The fourth-order valence-corrected chi connectivity index (χ4v) is 5.25. The van der Waals surface area contributed by atoms with Crippen molar-refractivity contribution in [1.29, 1.82) is 0 Å². The third-order valence-electron chi connectivity index (χ3n) is 5.01. The zero-order valence-electron chi connectivity index (χ0n) is 17.7. The Balaban J connectivity index is 1.39. The Kier molecular flexibility index (Phi) is 6.01. The maximum Gasteiger partial charge on any atom is 0.375 e. The number of aliphatic carboxylic acids is 1. The summed E-state index contributed by atoms with van der Waals surface area (Å²) in [6.45, 7) is 0. The Labute approximate surface area is 206 Å². The van der Waals surface area contributed by atoms with Crippen molar-refractivity contribution in [2.75, 3.05) is 5.75 Å². The van der Waals surface area contributed by atoms with Crippen LogP contribution in [-0.2, 0) is 14.3 Å². The molecule has 3 heterocycles. The van der Waals surface area contributed by atoms with E-state index in [1.165, 1.54) is 0 Å². The van der Waals surface area contributed by atoms with E-state index in [0.29, 0.717) is 11.6 Å². The van der Waals surface area contributed by atoms with Gasteiger partial charge in [-0.15, -0.1) is 10.2 Å². The Bertz CT molecular complexity index is 1420. The zero-order chi connectivity index (χ0) is 24.4. The number of carboxylic acids is 1. The molecule has 1 aliphatic heterocycles. The fourth-order valence-electron chi connectivity index (χ4n) is 3.28. The molecule has 0 bridgehead atoms. The number of aromatic amines is 2. The molecule has 1 aliphatic rings. The van der Waals surface area contributed by atoms with Crippen LogP contribution in [0.25, 0.3) is 22.8 Å². The van der Waals surface area contributed by atoms with Crippen LogP contribution in [0.3, 0.4) is 0 Å². The third kappa shape index (κ3) is 4.38. The van der Waals surface area contributed by atoms with Crippen molar-refractivity contribution in [3.63, 3.8) is 0 Å². The summed E-state index contributed by atoms with van der Waals surface area (Å²) in [7, 11) is 0. The Morgan fingerprint density at radius 1 is 0.914 bits per heavy atom. The number of cyclic esters (lactones) is 1. The van der Waals surface area contributed by atoms with E-state index in [9.17, 15) is 19.8 Å². The summed E-state index contributed by atoms with van der Waals surface area (Å²) in [5, 5.41) is 34.5. The molecular formula is C22H16N6O5S2. The molecule has 35 heavy (non-hydrogen) atoms. The van der Waals surface area contributed by atoms with Crippen molar-refractivity contribution >= 4 is 35.5 Å². The van der Waals surface area contributed by atoms with Crippen molar-refractivity contribution in [2.24, 2.45) is 0 Å². The van der Waals surface area contributed by atoms with Crippen LogP contribution < -0.4 is 0 Å². The van der Waals surface area contributed by atoms with Gasteiger partial charge >= 0.3 is 11.9 Å². The number of thioether (sulfide) groups is 2. The van der Waals surface area contributed by atoms with Crippen LogP contribution in [0, 0.1) is 0 Å². The van der Waals surface area contributed by atoms with E-state index >= 15 is 0 Å². The topological polar surface area (TPSA) is 167 Å². The highest BCUT2D eigenvalue weighted by molar-refractivity contribution is 8.03. The minimum absolute atomic E-state index is 0.114. The van der Waals surface area contributed by atoms with E-state index in [4.69, 9.17) is 4.74 Å². The van der Waals surface area contributed by atoms with E-state index in [2.05, 4.69) is 30.4 Å². The summed E-state index contributed by atoms with van der Waals surface area (Å²) in [4.78, 5) is 33.0. The predicted molar refractivity (Wildman–Crippen MR) is 126 cm³/mol. The largest absolute Gasteiger partial charge is 0.501 e. The van der Waals surface area contributed by atoms with Gasteiger partial charge < -0.3 is 14.9 Å².